The number of carbonyl (C=O) groups is 1. The Balaban J connectivity index is 1.81. The predicted molar refractivity (Wildman–Crippen MR) is 94.3 cm³/mol. The third-order valence-electron chi connectivity index (χ3n) is 4.43. The molecule has 120 valence electrons. The molecule has 0 radical (unpaired) electrons. The number of hydrogen-bond acceptors (Lipinski definition) is 2. The molecule has 0 spiro atoms. The van der Waals surface area contributed by atoms with Crippen LogP contribution in [0.1, 0.15) is 22.3 Å². The third kappa shape index (κ3) is 2.60. The van der Waals surface area contributed by atoms with Gasteiger partial charge in [-0.3, -0.25) is 4.79 Å². The molecule has 2 heterocycles. The molecule has 0 saturated carbocycles. The van der Waals surface area contributed by atoms with Crippen LogP contribution >= 0.6 is 0 Å². The molecule has 1 saturated heterocycles. The van der Waals surface area contributed by atoms with Crippen molar-refractivity contribution in [3.63, 3.8) is 0 Å². The van der Waals surface area contributed by atoms with Crippen molar-refractivity contribution in [2.45, 2.75) is 13.3 Å². The zero-order valence-corrected chi connectivity index (χ0v) is 13.6. The smallest absolute Gasteiger partial charge is 0.257 e. The summed E-state index contributed by atoms with van der Waals surface area (Å²) >= 11 is 0. The first kappa shape index (κ1) is 14.7. The molecule has 1 aliphatic heterocycles. The van der Waals surface area contributed by atoms with Crippen molar-refractivity contribution >= 4 is 5.91 Å². The van der Waals surface area contributed by atoms with Crippen LogP contribution in [0.2, 0.25) is 0 Å². The summed E-state index contributed by atoms with van der Waals surface area (Å²) in [5, 5.41) is 4.71. The first-order valence-corrected chi connectivity index (χ1v) is 8.24. The number of rotatable bonds is 3. The maximum Gasteiger partial charge on any atom is 0.257 e. The van der Waals surface area contributed by atoms with Gasteiger partial charge in [0.25, 0.3) is 5.91 Å². The van der Waals surface area contributed by atoms with Crippen LogP contribution in [-0.4, -0.2) is 33.7 Å². The molecule has 0 N–H and O–H groups in total. The molecule has 0 atom stereocenters. The molecule has 1 amide bonds. The molecule has 0 bridgehead atoms. The van der Waals surface area contributed by atoms with Gasteiger partial charge in [-0.25, -0.2) is 4.68 Å². The Labute approximate surface area is 141 Å². The molecule has 1 aliphatic rings. The van der Waals surface area contributed by atoms with E-state index in [0.717, 1.165) is 36.5 Å². The highest BCUT2D eigenvalue weighted by Gasteiger charge is 2.26. The summed E-state index contributed by atoms with van der Waals surface area (Å²) in [6.45, 7) is 3.73. The van der Waals surface area contributed by atoms with Gasteiger partial charge in [-0.1, -0.05) is 48.0 Å². The van der Waals surface area contributed by atoms with Crippen molar-refractivity contribution in [3.8, 4) is 16.9 Å². The van der Waals surface area contributed by atoms with Gasteiger partial charge in [0, 0.05) is 24.8 Å². The Bertz CT molecular complexity index is 862. The summed E-state index contributed by atoms with van der Waals surface area (Å²) in [5.74, 6) is 0.0685. The van der Waals surface area contributed by atoms with E-state index in [0.29, 0.717) is 5.56 Å². The summed E-state index contributed by atoms with van der Waals surface area (Å²) in [5.41, 5.74) is 4.53. The largest absolute Gasteiger partial charge is 0.338 e. The number of aryl methyl sites for hydroxylation is 1. The van der Waals surface area contributed by atoms with Gasteiger partial charge in [-0.2, -0.15) is 5.10 Å². The molecule has 2 aromatic carbocycles. The number of benzene rings is 2. The zero-order chi connectivity index (χ0) is 16.5. The average Bonchev–Trinajstić information content (AvgIpc) is 3.00. The maximum atomic E-state index is 12.8. The van der Waals surface area contributed by atoms with Gasteiger partial charge < -0.3 is 4.90 Å². The van der Waals surface area contributed by atoms with Gasteiger partial charge in [0.05, 0.1) is 11.3 Å². The minimum Gasteiger partial charge on any atom is -0.338 e. The van der Waals surface area contributed by atoms with E-state index in [1.54, 1.807) is 4.68 Å². The topological polar surface area (TPSA) is 38.1 Å². The molecule has 4 rings (SSSR count). The molecule has 3 aromatic rings. The van der Waals surface area contributed by atoms with Crippen LogP contribution in [0, 0.1) is 6.92 Å². The van der Waals surface area contributed by atoms with E-state index in [1.807, 2.05) is 53.6 Å². The van der Waals surface area contributed by atoms with E-state index in [1.165, 1.54) is 5.56 Å². The fourth-order valence-corrected chi connectivity index (χ4v) is 2.86. The number of carbonyl (C=O) groups excluding carboxylic acids is 1. The van der Waals surface area contributed by atoms with E-state index < -0.39 is 0 Å². The second kappa shape index (κ2) is 5.96. The Hall–Kier alpha value is -2.88. The first-order chi connectivity index (χ1) is 11.7. The first-order valence-electron chi connectivity index (χ1n) is 8.24. The Morgan fingerprint density at radius 3 is 2.33 bits per heavy atom. The van der Waals surface area contributed by atoms with Crippen LogP contribution in [0.3, 0.4) is 0 Å². The van der Waals surface area contributed by atoms with Crippen LogP contribution in [0.4, 0.5) is 0 Å². The average molecular weight is 317 g/mol. The number of aromatic nitrogens is 2. The van der Waals surface area contributed by atoms with Gasteiger partial charge in [0.1, 0.15) is 5.69 Å². The number of para-hydroxylation sites is 1. The van der Waals surface area contributed by atoms with Crippen molar-refractivity contribution in [1.29, 1.82) is 0 Å². The minimum absolute atomic E-state index is 0.0685. The fraction of sp³-hybridized carbons (Fsp3) is 0.200. The van der Waals surface area contributed by atoms with E-state index in [2.05, 4.69) is 19.1 Å². The lowest BCUT2D eigenvalue weighted by Gasteiger charge is -2.30. The van der Waals surface area contributed by atoms with E-state index in [4.69, 9.17) is 5.10 Å². The van der Waals surface area contributed by atoms with Crippen LogP contribution < -0.4 is 0 Å². The van der Waals surface area contributed by atoms with Crippen LogP contribution in [0.15, 0.2) is 60.8 Å². The van der Waals surface area contributed by atoms with Gasteiger partial charge >= 0.3 is 0 Å². The van der Waals surface area contributed by atoms with Crippen molar-refractivity contribution < 1.29 is 4.79 Å². The second-order valence-corrected chi connectivity index (χ2v) is 6.18. The Morgan fingerprint density at radius 2 is 1.71 bits per heavy atom. The summed E-state index contributed by atoms with van der Waals surface area (Å²) in [6.07, 6.45) is 2.93. The molecule has 4 nitrogen and oxygen atoms in total. The number of amides is 1. The molecule has 0 aliphatic carbocycles. The SMILES string of the molecule is Cc1ccc(-c2nn(-c3ccccc3)cc2C(=O)N2CCC2)cc1. The highest BCUT2D eigenvalue weighted by atomic mass is 16.2. The summed E-state index contributed by atoms with van der Waals surface area (Å²) in [6, 6.07) is 18.1. The van der Waals surface area contributed by atoms with Crippen molar-refractivity contribution in [2.24, 2.45) is 0 Å². The highest BCUT2D eigenvalue weighted by molar-refractivity contribution is 6.00. The zero-order valence-electron chi connectivity index (χ0n) is 13.6. The number of hydrogen-bond donors (Lipinski definition) is 0. The molecule has 1 fully saturated rings. The fourth-order valence-electron chi connectivity index (χ4n) is 2.86. The molecular weight excluding hydrogens is 298 g/mol. The van der Waals surface area contributed by atoms with Crippen molar-refractivity contribution in [3.05, 3.63) is 71.9 Å². The van der Waals surface area contributed by atoms with Gasteiger partial charge in [-0.15, -0.1) is 0 Å². The quantitative estimate of drug-likeness (QED) is 0.739. The summed E-state index contributed by atoms with van der Waals surface area (Å²) in [4.78, 5) is 14.7. The highest BCUT2D eigenvalue weighted by Crippen LogP contribution is 2.26. The monoisotopic (exact) mass is 317 g/mol. The Morgan fingerprint density at radius 1 is 1.00 bits per heavy atom. The van der Waals surface area contributed by atoms with Gasteiger partial charge in [0.2, 0.25) is 0 Å². The normalized spacial score (nSPS) is 13.6. The van der Waals surface area contributed by atoms with Crippen LogP contribution in [-0.2, 0) is 0 Å². The maximum absolute atomic E-state index is 12.8. The number of likely N-dealkylation sites (tertiary alicyclic amines) is 1. The lowest BCUT2D eigenvalue weighted by molar-refractivity contribution is 0.0652. The third-order valence-corrected chi connectivity index (χ3v) is 4.43. The van der Waals surface area contributed by atoms with Crippen LogP contribution in [0.5, 0.6) is 0 Å². The van der Waals surface area contributed by atoms with Crippen molar-refractivity contribution in [2.75, 3.05) is 13.1 Å². The van der Waals surface area contributed by atoms with E-state index in [9.17, 15) is 4.79 Å². The molecular formula is C20H19N3O. The van der Waals surface area contributed by atoms with E-state index in [-0.39, 0.29) is 5.91 Å². The molecule has 24 heavy (non-hydrogen) atoms. The molecule has 0 unspecified atom stereocenters. The summed E-state index contributed by atoms with van der Waals surface area (Å²) < 4.78 is 1.79. The second-order valence-electron chi connectivity index (χ2n) is 6.18. The number of nitrogens with zero attached hydrogens (tertiary/aromatic N) is 3. The molecule has 1 aromatic heterocycles. The van der Waals surface area contributed by atoms with Gasteiger partial charge in [-0.05, 0) is 25.5 Å². The lowest BCUT2D eigenvalue weighted by atomic mass is 10.0. The van der Waals surface area contributed by atoms with Crippen LogP contribution in [0.25, 0.3) is 16.9 Å². The van der Waals surface area contributed by atoms with Gasteiger partial charge in [0.15, 0.2) is 0 Å². The predicted octanol–water partition coefficient (Wildman–Crippen LogP) is 3.69. The standard InChI is InChI=1S/C20H19N3O/c1-15-8-10-16(11-9-15)19-18(20(24)22-12-5-13-22)14-23(21-19)17-6-3-2-4-7-17/h2-4,6-11,14H,5,12-13H2,1H3. The molecule has 4 heteroatoms. The minimum atomic E-state index is 0.0685. The lowest BCUT2D eigenvalue weighted by Crippen LogP contribution is -2.42. The summed E-state index contributed by atoms with van der Waals surface area (Å²) in [7, 11) is 0. The van der Waals surface area contributed by atoms with Crippen molar-refractivity contribution in [1.82, 2.24) is 14.7 Å². The van der Waals surface area contributed by atoms with E-state index >= 15 is 0 Å². The Kier molecular flexibility index (Phi) is 3.65.